The summed E-state index contributed by atoms with van der Waals surface area (Å²) in [6, 6.07) is 0. The molecule has 0 aliphatic carbocycles. The highest BCUT2D eigenvalue weighted by Crippen LogP contribution is 2.37. The lowest BCUT2D eigenvalue weighted by atomic mass is 10.2. The summed E-state index contributed by atoms with van der Waals surface area (Å²) in [5.41, 5.74) is -1.01. The quantitative estimate of drug-likeness (QED) is 0.723. The Labute approximate surface area is 104 Å². The average Bonchev–Trinajstić information content (AvgIpc) is 2.55. The van der Waals surface area contributed by atoms with Crippen LogP contribution < -0.4 is 0 Å². The van der Waals surface area contributed by atoms with Crippen LogP contribution in [0.5, 0.6) is 0 Å². The SMILES string of the molecule is OC(c1nc(Br)c(C(O)C(F)(F)F)[nH]1)C(F)(F)F. The van der Waals surface area contributed by atoms with Gasteiger partial charge in [0.1, 0.15) is 10.4 Å². The first-order valence-corrected chi connectivity index (χ1v) is 4.98. The maximum Gasteiger partial charge on any atom is 0.421 e. The van der Waals surface area contributed by atoms with Crippen molar-refractivity contribution in [1.29, 1.82) is 0 Å². The predicted molar refractivity (Wildman–Crippen MR) is 48.3 cm³/mol. The highest BCUT2D eigenvalue weighted by atomic mass is 79.9. The molecule has 0 bridgehead atoms. The van der Waals surface area contributed by atoms with E-state index in [1.165, 1.54) is 0 Å². The number of halogens is 7. The molecule has 0 spiro atoms. The van der Waals surface area contributed by atoms with Gasteiger partial charge in [-0.15, -0.1) is 0 Å². The summed E-state index contributed by atoms with van der Waals surface area (Å²) in [4.78, 5) is 4.64. The number of aliphatic hydroxyl groups excluding tert-OH is 2. The molecule has 0 aliphatic rings. The smallest absolute Gasteiger partial charge is 0.378 e. The minimum absolute atomic E-state index is 0.661. The van der Waals surface area contributed by atoms with E-state index in [4.69, 9.17) is 10.2 Å². The molecule has 18 heavy (non-hydrogen) atoms. The number of rotatable bonds is 2. The molecule has 0 aliphatic heterocycles. The van der Waals surface area contributed by atoms with Gasteiger partial charge >= 0.3 is 12.4 Å². The van der Waals surface area contributed by atoms with Gasteiger partial charge in [-0.2, -0.15) is 26.3 Å². The van der Waals surface area contributed by atoms with Gasteiger partial charge in [-0.3, -0.25) is 0 Å². The van der Waals surface area contributed by atoms with Gasteiger partial charge in [0.15, 0.2) is 6.10 Å². The average molecular weight is 343 g/mol. The largest absolute Gasteiger partial charge is 0.421 e. The van der Waals surface area contributed by atoms with E-state index in [9.17, 15) is 26.3 Å². The van der Waals surface area contributed by atoms with Crippen molar-refractivity contribution in [3.63, 3.8) is 0 Å². The van der Waals surface area contributed by atoms with E-state index < -0.39 is 40.7 Å². The Morgan fingerprint density at radius 3 is 1.83 bits per heavy atom. The first kappa shape index (κ1) is 15.2. The Balaban J connectivity index is 3.10. The molecule has 2 atom stereocenters. The van der Waals surface area contributed by atoms with Crippen molar-refractivity contribution in [3.8, 4) is 0 Å². The Bertz CT molecular complexity index is 429. The topological polar surface area (TPSA) is 69.1 Å². The first-order chi connectivity index (χ1) is 7.94. The van der Waals surface area contributed by atoms with E-state index in [2.05, 4.69) is 20.9 Å². The van der Waals surface area contributed by atoms with E-state index in [-0.39, 0.29) is 0 Å². The number of hydrogen-bond acceptors (Lipinski definition) is 3. The van der Waals surface area contributed by atoms with Gasteiger partial charge in [-0.1, -0.05) is 0 Å². The molecular formula is C7H5BrF6N2O2. The monoisotopic (exact) mass is 342 g/mol. The van der Waals surface area contributed by atoms with E-state index in [1.807, 2.05) is 0 Å². The van der Waals surface area contributed by atoms with Crippen molar-refractivity contribution in [2.24, 2.45) is 0 Å². The van der Waals surface area contributed by atoms with Crippen LogP contribution in [0.15, 0.2) is 4.60 Å². The number of nitrogens with one attached hydrogen (secondary N) is 1. The summed E-state index contributed by atoms with van der Waals surface area (Å²) in [7, 11) is 0. The molecule has 4 nitrogen and oxygen atoms in total. The molecule has 0 aromatic carbocycles. The van der Waals surface area contributed by atoms with Crippen LogP contribution >= 0.6 is 15.9 Å². The van der Waals surface area contributed by atoms with E-state index in [0.29, 0.717) is 0 Å². The molecule has 1 heterocycles. The van der Waals surface area contributed by atoms with Crippen molar-refractivity contribution >= 4 is 15.9 Å². The van der Waals surface area contributed by atoms with Crippen molar-refractivity contribution in [2.45, 2.75) is 24.6 Å². The summed E-state index contributed by atoms with van der Waals surface area (Å²) < 4.78 is 72.1. The Kier molecular flexibility index (Phi) is 3.98. The van der Waals surface area contributed by atoms with E-state index >= 15 is 0 Å². The second-order valence-electron chi connectivity index (χ2n) is 3.21. The van der Waals surface area contributed by atoms with E-state index in [0.717, 1.165) is 0 Å². The molecule has 1 aromatic heterocycles. The fraction of sp³-hybridized carbons (Fsp3) is 0.571. The molecule has 104 valence electrons. The van der Waals surface area contributed by atoms with Gasteiger partial charge in [0.05, 0.1) is 5.69 Å². The van der Waals surface area contributed by atoms with E-state index in [1.54, 1.807) is 4.98 Å². The lowest BCUT2D eigenvalue weighted by Gasteiger charge is -2.13. The molecule has 1 rings (SSSR count). The van der Waals surface area contributed by atoms with Crippen molar-refractivity contribution < 1.29 is 36.6 Å². The third kappa shape index (κ3) is 3.14. The molecule has 1 aromatic rings. The van der Waals surface area contributed by atoms with Crippen molar-refractivity contribution in [3.05, 3.63) is 16.1 Å². The van der Waals surface area contributed by atoms with Crippen molar-refractivity contribution in [2.75, 3.05) is 0 Å². The van der Waals surface area contributed by atoms with Gasteiger partial charge < -0.3 is 15.2 Å². The zero-order valence-electron chi connectivity index (χ0n) is 8.14. The number of aromatic nitrogens is 2. The number of hydrogen-bond donors (Lipinski definition) is 3. The number of aromatic amines is 1. The molecule has 11 heteroatoms. The Morgan fingerprint density at radius 2 is 1.44 bits per heavy atom. The zero-order chi connectivity index (χ0) is 14.3. The molecule has 0 saturated heterocycles. The maximum absolute atomic E-state index is 12.2. The molecular weight excluding hydrogens is 338 g/mol. The van der Waals surface area contributed by atoms with Crippen LogP contribution in [0.2, 0.25) is 0 Å². The number of imidazole rings is 1. The van der Waals surface area contributed by atoms with Crippen LogP contribution in [0.1, 0.15) is 23.7 Å². The van der Waals surface area contributed by atoms with Gasteiger partial charge in [0.2, 0.25) is 6.10 Å². The Hall–Kier alpha value is -0.810. The van der Waals surface area contributed by atoms with Crippen LogP contribution in [0.4, 0.5) is 26.3 Å². The van der Waals surface area contributed by atoms with Crippen molar-refractivity contribution in [1.82, 2.24) is 9.97 Å². The number of aliphatic hydroxyl groups is 2. The minimum atomic E-state index is -5.09. The lowest BCUT2D eigenvalue weighted by molar-refractivity contribution is -0.210. The first-order valence-electron chi connectivity index (χ1n) is 4.19. The van der Waals surface area contributed by atoms with Crippen LogP contribution in [-0.4, -0.2) is 32.5 Å². The van der Waals surface area contributed by atoms with Gasteiger partial charge in [0.25, 0.3) is 0 Å². The van der Waals surface area contributed by atoms with Crippen LogP contribution in [-0.2, 0) is 0 Å². The summed E-state index contributed by atoms with van der Waals surface area (Å²) in [6.07, 6.45) is -16.3. The summed E-state index contributed by atoms with van der Waals surface area (Å²) in [5, 5.41) is 17.6. The van der Waals surface area contributed by atoms with Crippen LogP contribution in [0.25, 0.3) is 0 Å². The second kappa shape index (κ2) is 4.70. The fourth-order valence-corrected chi connectivity index (χ4v) is 1.52. The molecule has 3 N–H and O–H groups in total. The van der Waals surface area contributed by atoms with Gasteiger partial charge in [-0.05, 0) is 15.9 Å². The molecule has 0 radical (unpaired) electrons. The van der Waals surface area contributed by atoms with Crippen LogP contribution in [0, 0.1) is 0 Å². The number of alkyl halides is 6. The minimum Gasteiger partial charge on any atom is -0.378 e. The predicted octanol–water partition coefficient (Wildman–Crippen LogP) is 2.36. The third-order valence-corrected chi connectivity index (χ3v) is 2.46. The fourth-order valence-electron chi connectivity index (χ4n) is 1.01. The molecule has 0 amide bonds. The second-order valence-corrected chi connectivity index (χ2v) is 3.97. The standard InChI is InChI=1S/C7H5BrF6N2O2/c8-4-1(2(17)6(9,10)11)15-5(16-4)3(18)7(12,13)14/h2-3,17-18H,(H,15,16). The third-order valence-electron chi connectivity index (χ3n) is 1.86. The van der Waals surface area contributed by atoms with Gasteiger partial charge in [0, 0.05) is 0 Å². The summed E-state index contributed by atoms with van der Waals surface area (Å²) in [5.74, 6) is -1.15. The molecule has 2 unspecified atom stereocenters. The maximum atomic E-state index is 12.2. The number of nitrogens with zero attached hydrogens (tertiary/aromatic N) is 1. The highest BCUT2D eigenvalue weighted by molar-refractivity contribution is 9.10. The molecule has 0 saturated carbocycles. The normalized spacial score (nSPS) is 16.7. The zero-order valence-corrected chi connectivity index (χ0v) is 9.73. The summed E-state index contributed by atoms with van der Waals surface area (Å²) >= 11 is 2.46. The molecule has 0 fully saturated rings. The lowest BCUT2D eigenvalue weighted by Crippen LogP contribution is -2.22. The highest BCUT2D eigenvalue weighted by Gasteiger charge is 2.45. The number of H-pyrrole nitrogens is 1. The summed E-state index contributed by atoms with van der Waals surface area (Å²) in [6.45, 7) is 0. The van der Waals surface area contributed by atoms with Gasteiger partial charge in [-0.25, -0.2) is 4.98 Å². The Morgan fingerprint density at radius 1 is 1.00 bits per heavy atom. The van der Waals surface area contributed by atoms with Crippen LogP contribution in [0.3, 0.4) is 0 Å².